The van der Waals surface area contributed by atoms with Gasteiger partial charge in [-0.05, 0) is 33.6 Å². The standard InChI is InChI=1S/C13H23NO4/c1-13(2,3)18-12(15)14-6-4-5-10(7-14)16-8-11-9-17-11/h10-11H,4-9H2,1-3H3. The monoisotopic (exact) mass is 257 g/mol. The van der Waals surface area contributed by atoms with E-state index in [1.165, 1.54) is 0 Å². The molecule has 2 heterocycles. The van der Waals surface area contributed by atoms with E-state index in [0.29, 0.717) is 13.2 Å². The minimum Gasteiger partial charge on any atom is -0.444 e. The molecule has 0 bridgehead atoms. The number of hydrogen-bond acceptors (Lipinski definition) is 4. The second-order valence-electron chi connectivity index (χ2n) is 5.98. The summed E-state index contributed by atoms with van der Waals surface area (Å²) in [4.78, 5) is 13.7. The zero-order valence-electron chi connectivity index (χ0n) is 11.5. The van der Waals surface area contributed by atoms with Gasteiger partial charge in [0.15, 0.2) is 0 Å². The van der Waals surface area contributed by atoms with Gasteiger partial charge in [-0.3, -0.25) is 0 Å². The van der Waals surface area contributed by atoms with E-state index in [4.69, 9.17) is 14.2 Å². The van der Waals surface area contributed by atoms with Crippen LogP contribution in [0, 0.1) is 0 Å². The van der Waals surface area contributed by atoms with Gasteiger partial charge in [-0.1, -0.05) is 0 Å². The number of ether oxygens (including phenoxy) is 3. The molecule has 104 valence electrons. The predicted octanol–water partition coefficient (Wildman–Crippen LogP) is 1.80. The summed E-state index contributed by atoms with van der Waals surface area (Å²) in [7, 11) is 0. The van der Waals surface area contributed by atoms with Crippen LogP contribution < -0.4 is 0 Å². The molecule has 2 rings (SSSR count). The van der Waals surface area contributed by atoms with Crippen molar-refractivity contribution in [2.45, 2.75) is 51.4 Å². The van der Waals surface area contributed by atoms with Gasteiger partial charge < -0.3 is 19.1 Å². The number of nitrogens with zero attached hydrogens (tertiary/aromatic N) is 1. The number of carbonyl (C=O) groups excluding carboxylic acids is 1. The van der Waals surface area contributed by atoms with Gasteiger partial charge in [-0.2, -0.15) is 0 Å². The van der Waals surface area contributed by atoms with E-state index in [1.54, 1.807) is 4.90 Å². The normalized spacial score (nSPS) is 28.1. The molecule has 0 aromatic carbocycles. The van der Waals surface area contributed by atoms with Crippen LogP contribution in [0.5, 0.6) is 0 Å². The van der Waals surface area contributed by atoms with Crippen LogP contribution in [0.3, 0.4) is 0 Å². The smallest absolute Gasteiger partial charge is 0.410 e. The molecular weight excluding hydrogens is 234 g/mol. The van der Waals surface area contributed by atoms with Crippen molar-refractivity contribution >= 4 is 6.09 Å². The summed E-state index contributed by atoms with van der Waals surface area (Å²) in [5.41, 5.74) is -0.438. The Morgan fingerprint density at radius 2 is 2.17 bits per heavy atom. The Bertz CT molecular complexity index is 296. The Hall–Kier alpha value is -0.810. The fraction of sp³-hybridized carbons (Fsp3) is 0.923. The molecule has 2 aliphatic heterocycles. The SMILES string of the molecule is CC(C)(C)OC(=O)N1CCCC(OCC2CO2)C1. The molecule has 5 heteroatoms. The van der Waals surface area contributed by atoms with E-state index in [9.17, 15) is 4.79 Å². The lowest BCUT2D eigenvalue weighted by Crippen LogP contribution is -2.45. The third-order valence-electron chi connectivity index (χ3n) is 2.95. The van der Waals surface area contributed by atoms with Gasteiger partial charge in [0.05, 0.1) is 25.9 Å². The molecule has 18 heavy (non-hydrogen) atoms. The summed E-state index contributed by atoms with van der Waals surface area (Å²) >= 11 is 0. The molecule has 0 saturated carbocycles. The summed E-state index contributed by atoms with van der Waals surface area (Å²) < 4.78 is 16.2. The number of carbonyl (C=O) groups is 1. The van der Waals surface area contributed by atoms with Crippen molar-refractivity contribution < 1.29 is 19.0 Å². The number of piperidine rings is 1. The number of amides is 1. The van der Waals surface area contributed by atoms with Crippen molar-refractivity contribution in [2.24, 2.45) is 0 Å². The first kappa shape index (κ1) is 13.6. The molecule has 5 nitrogen and oxygen atoms in total. The van der Waals surface area contributed by atoms with Crippen LogP contribution in [0.1, 0.15) is 33.6 Å². The van der Waals surface area contributed by atoms with Gasteiger partial charge >= 0.3 is 6.09 Å². The van der Waals surface area contributed by atoms with E-state index in [-0.39, 0.29) is 18.3 Å². The number of hydrogen-bond donors (Lipinski definition) is 0. The van der Waals surface area contributed by atoms with Crippen LogP contribution in [-0.4, -0.2) is 55.1 Å². The highest BCUT2D eigenvalue weighted by Crippen LogP contribution is 2.18. The number of epoxide rings is 1. The predicted molar refractivity (Wildman–Crippen MR) is 66.5 cm³/mol. The summed E-state index contributed by atoms with van der Waals surface area (Å²) in [6.07, 6.45) is 2.14. The first-order valence-electron chi connectivity index (χ1n) is 6.65. The highest BCUT2D eigenvalue weighted by Gasteiger charge is 2.30. The van der Waals surface area contributed by atoms with Crippen LogP contribution in [0.15, 0.2) is 0 Å². The molecule has 0 aliphatic carbocycles. The van der Waals surface area contributed by atoms with Crippen LogP contribution in [0.2, 0.25) is 0 Å². The van der Waals surface area contributed by atoms with Crippen molar-refractivity contribution in [1.82, 2.24) is 4.90 Å². The maximum absolute atomic E-state index is 11.9. The zero-order chi connectivity index (χ0) is 13.2. The molecule has 2 unspecified atom stereocenters. The van der Waals surface area contributed by atoms with Gasteiger partial charge in [-0.25, -0.2) is 4.79 Å². The summed E-state index contributed by atoms with van der Waals surface area (Å²) in [5, 5.41) is 0. The highest BCUT2D eigenvalue weighted by atomic mass is 16.6. The van der Waals surface area contributed by atoms with Crippen LogP contribution in [-0.2, 0) is 14.2 Å². The fourth-order valence-corrected chi connectivity index (χ4v) is 1.97. The number of rotatable bonds is 3. The van der Waals surface area contributed by atoms with E-state index in [0.717, 1.165) is 26.0 Å². The molecule has 0 spiro atoms. The van der Waals surface area contributed by atoms with Gasteiger partial charge in [0.1, 0.15) is 11.7 Å². The molecule has 1 amide bonds. The molecule has 2 aliphatic rings. The lowest BCUT2D eigenvalue weighted by atomic mass is 10.1. The molecule has 0 N–H and O–H groups in total. The lowest BCUT2D eigenvalue weighted by molar-refractivity contribution is -0.0234. The molecule has 0 aromatic rings. The van der Waals surface area contributed by atoms with Gasteiger partial charge in [-0.15, -0.1) is 0 Å². The second-order valence-corrected chi connectivity index (χ2v) is 5.98. The molecule has 2 fully saturated rings. The summed E-state index contributed by atoms with van der Waals surface area (Å²) in [6, 6.07) is 0. The van der Waals surface area contributed by atoms with E-state index in [1.807, 2.05) is 20.8 Å². The van der Waals surface area contributed by atoms with Gasteiger partial charge in [0.2, 0.25) is 0 Å². The Labute approximate surface area is 108 Å². The van der Waals surface area contributed by atoms with Crippen LogP contribution in [0.4, 0.5) is 4.79 Å². The summed E-state index contributed by atoms with van der Waals surface area (Å²) in [5.74, 6) is 0. The van der Waals surface area contributed by atoms with E-state index >= 15 is 0 Å². The molecule has 2 saturated heterocycles. The summed E-state index contributed by atoms with van der Waals surface area (Å²) in [6.45, 7) is 8.49. The van der Waals surface area contributed by atoms with Crippen molar-refractivity contribution in [3.63, 3.8) is 0 Å². The van der Waals surface area contributed by atoms with Crippen molar-refractivity contribution in [3.05, 3.63) is 0 Å². The Kier molecular flexibility index (Phi) is 4.12. The second kappa shape index (κ2) is 5.45. The van der Waals surface area contributed by atoms with Gasteiger partial charge in [0.25, 0.3) is 0 Å². The van der Waals surface area contributed by atoms with Gasteiger partial charge in [0, 0.05) is 6.54 Å². The first-order valence-corrected chi connectivity index (χ1v) is 6.65. The Morgan fingerprint density at radius 3 is 2.78 bits per heavy atom. The minimum atomic E-state index is -0.438. The largest absolute Gasteiger partial charge is 0.444 e. The average molecular weight is 257 g/mol. The maximum Gasteiger partial charge on any atom is 0.410 e. The van der Waals surface area contributed by atoms with E-state index < -0.39 is 5.60 Å². The van der Waals surface area contributed by atoms with Crippen molar-refractivity contribution in [1.29, 1.82) is 0 Å². The van der Waals surface area contributed by atoms with Crippen LogP contribution in [0.25, 0.3) is 0 Å². The quantitative estimate of drug-likeness (QED) is 0.723. The fourth-order valence-electron chi connectivity index (χ4n) is 1.97. The van der Waals surface area contributed by atoms with Crippen molar-refractivity contribution in [3.8, 4) is 0 Å². The topological polar surface area (TPSA) is 51.3 Å². The Balaban J connectivity index is 1.76. The molecule has 2 atom stereocenters. The molecule has 0 aromatic heterocycles. The minimum absolute atomic E-state index is 0.121. The Morgan fingerprint density at radius 1 is 1.44 bits per heavy atom. The first-order chi connectivity index (χ1) is 8.44. The molecule has 0 radical (unpaired) electrons. The third kappa shape index (κ3) is 4.46. The van der Waals surface area contributed by atoms with Crippen LogP contribution >= 0.6 is 0 Å². The lowest BCUT2D eigenvalue weighted by Gasteiger charge is -2.33. The highest BCUT2D eigenvalue weighted by molar-refractivity contribution is 5.68. The number of likely N-dealkylation sites (tertiary alicyclic amines) is 1. The third-order valence-corrected chi connectivity index (χ3v) is 2.95. The zero-order valence-corrected chi connectivity index (χ0v) is 11.5. The van der Waals surface area contributed by atoms with E-state index in [2.05, 4.69) is 0 Å². The maximum atomic E-state index is 11.9. The average Bonchev–Trinajstić information content (AvgIpc) is 3.08. The van der Waals surface area contributed by atoms with Crippen molar-refractivity contribution in [2.75, 3.05) is 26.3 Å². The molecular formula is C13H23NO4.